The first-order valence-electron chi connectivity index (χ1n) is 6.26. The Labute approximate surface area is 89.9 Å². The monoisotopic (exact) mass is 197 g/mol. The Morgan fingerprint density at radius 1 is 1.21 bits per heavy atom. The Kier molecular flexibility index (Phi) is 4.43. The van der Waals surface area contributed by atoms with Crippen LogP contribution in [0.15, 0.2) is 0 Å². The average Bonchev–Trinajstić information content (AvgIpc) is 2.09. The maximum Gasteiger partial charge on any atom is 0.00613 e. The third-order valence-corrected chi connectivity index (χ3v) is 4.20. The Balaban J connectivity index is 2.30. The van der Waals surface area contributed by atoms with Gasteiger partial charge in [-0.05, 0) is 51.0 Å². The highest BCUT2D eigenvalue weighted by molar-refractivity contribution is 4.85. The largest absolute Gasteiger partial charge is 0.303 e. The highest BCUT2D eigenvalue weighted by atomic mass is 15.1. The van der Waals surface area contributed by atoms with Gasteiger partial charge >= 0.3 is 0 Å². The summed E-state index contributed by atoms with van der Waals surface area (Å²) in [6, 6.07) is 0.753. The molecule has 0 radical (unpaired) electrons. The minimum absolute atomic E-state index is 0.753. The van der Waals surface area contributed by atoms with Crippen LogP contribution in [0.4, 0.5) is 0 Å². The molecule has 0 aromatic carbocycles. The van der Waals surface area contributed by atoms with Gasteiger partial charge in [-0.15, -0.1) is 0 Å². The van der Waals surface area contributed by atoms with Gasteiger partial charge in [0.15, 0.2) is 0 Å². The van der Waals surface area contributed by atoms with Crippen molar-refractivity contribution in [2.75, 3.05) is 13.6 Å². The lowest BCUT2D eigenvalue weighted by atomic mass is 9.68. The molecule has 1 aliphatic carbocycles. The van der Waals surface area contributed by atoms with Crippen molar-refractivity contribution >= 4 is 0 Å². The standard InChI is InChI=1S/C13H27N/c1-6-11(4)14(5)9-12-7-8-13(12)10(2)3/h10-13H,6-9H2,1-5H3. The second-order valence-corrected chi connectivity index (χ2v) is 5.44. The van der Waals surface area contributed by atoms with Gasteiger partial charge in [0.1, 0.15) is 0 Å². The molecule has 0 amide bonds. The fourth-order valence-electron chi connectivity index (χ4n) is 2.56. The van der Waals surface area contributed by atoms with Crippen molar-refractivity contribution in [3.8, 4) is 0 Å². The van der Waals surface area contributed by atoms with Crippen LogP contribution in [0.5, 0.6) is 0 Å². The summed E-state index contributed by atoms with van der Waals surface area (Å²) in [6.45, 7) is 10.7. The summed E-state index contributed by atoms with van der Waals surface area (Å²) < 4.78 is 0. The summed E-state index contributed by atoms with van der Waals surface area (Å²) in [7, 11) is 2.28. The van der Waals surface area contributed by atoms with Gasteiger partial charge in [-0.3, -0.25) is 0 Å². The third-order valence-electron chi connectivity index (χ3n) is 4.20. The smallest absolute Gasteiger partial charge is 0.00613 e. The zero-order valence-corrected chi connectivity index (χ0v) is 10.6. The van der Waals surface area contributed by atoms with Gasteiger partial charge in [0, 0.05) is 12.6 Å². The van der Waals surface area contributed by atoms with Gasteiger partial charge in [-0.25, -0.2) is 0 Å². The summed E-state index contributed by atoms with van der Waals surface area (Å²) in [6.07, 6.45) is 4.20. The molecule has 0 heterocycles. The lowest BCUT2D eigenvalue weighted by Gasteiger charge is -2.42. The molecule has 0 N–H and O–H groups in total. The van der Waals surface area contributed by atoms with Crippen molar-refractivity contribution in [2.24, 2.45) is 17.8 Å². The van der Waals surface area contributed by atoms with E-state index in [1.165, 1.54) is 25.8 Å². The highest BCUT2D eigenvalue weighted by Crippen LogP contribution is 2.39. The molecule has 0 spiro atoms. The summed E-state index contributed by atoms with van der Waals surface area (Å²) in [5.41, 5.74) is 0. The zero-order chi connectivity index (χ0) is 10.7. The van der Waals surface area contributed by atoms with E-state index in [2.05, 4.69) is 39.6 Å². The van der Waals surface area contributed by atoms with E-state index in [4.69, 9.17) is 0 Å². The van der Waals surface area contributed by atoms with Crippen LogP contribution in [-0.2, 0) is 0 Å². The van der Waals surface area contributed by atoms with E-state index in [0.717, 1.165) is 23.8 Å². The van der Waals surface area contributed by atoms with Gasteiger partial charge in [0.05, 0.1) is 0 Å². The summed E-state index contributed by atoms with van der Waals surface area (Å²) in [5.74, 6) is 2.87. The fourth-order valence-corrected chi connectivity index (χ4v) is 2.56. The predicted molar refractivity (Wildman–Crippen MR) is 63.4 cm³/mol. The van der Waals surface area contributed by atoms with Crippen molar-refractivity contribution in [2.45, 2.75) is 53.0 Å². The second kappa shape index (κ2) is 5.16. The zero-order valence-electron chi connectivity index (χ0n) is 10.6. The second-order valence-electron chi connectivity index (χ2n) is 5.44. The minimum Gasteiger partial charge on any atom is -0.303 e. The fraction of sp³-hybridized carbons (Fsp3) is 1.00. The summed E-state index contributed by atoms with van der Waals surface area (Å²) in [5, 5.41) is 0. The number of hydrogen-bond donors (Lipinski definition) is 0. The molecule has 0 aromatic heterocycles. The van der Waals surface area contributed by atoms with Crippen molar-refractivity contribution in [1.82, 2.24) is 4.90 Å². The van der Waals surface area contributed by atoms with E-state index in [0.29, 0.717) is 0 Å². The Bertz CT molecular complexity index is 165. The predicted octanol–water partition coefficient (Wildman–Crippen LogP) is 3.40. The van der Waals surface area contributed by atoms with Gasteiger partial charge < -0.3 is 4.90 Å². The molecular weight excluding hydrogens is 170 g/mol. The van der Waals surface area contributed by atoms with Crippen LogP contribution in [0.2, 0.25) is 0 Å². The molecule has 1 rings (SSSR count). The van der Waals surface area contributed by atoms with Crippen molar-refractivity contribution in [1.29, 1.82) is 0 Å². The van der Waals surface area contributed by atoms with Crippen LogP contribution in [0.25, 0.3) is 0 Å². The van der Waals surface area contributed by atoms with Gasteiger partial charge in [0.25, 0.3) is 0 Å². The molecule has 3 unspecified atom stereocenters. The van der Waals surface area contributed by atoms with E-state index in [-0.39, 0.29) is 0 Å². The molecule has 0 bridgehead atoms. The minimum atomic E-state index is 0.753. The van der Waals surface area contributed by atoms with Gasteiger partial charge in [-0.1, -0.05) is 20.8 Å². The lowest BCUT2D eigenvalue weighted by molar-refractivity contribution is 0.0718. The molecule has 1 nitrogen and oxygen atoms in total. The summed E-state index contributed by atoms with van der Waals surface area (Å²) in [4.78, 5) is 2.54. The normalized spacial score (nSPS) is 29.4. The van der Waals surface area contributed by atoms with Crippen molar-refractivity contribution in [3.05, 3.63) is 0 Å². The SMILES string of the molecule is CCC(C)N(C)CC1CCC1C(C)C. The molecule has 3 atom stereocenters. The molecule has 1 fully saturated rings. The van der Waals surface area contributed by atoms with E-state index in [9.17, 15) is 0 Å². The van der Waals surface area contributed by atoms with Crippen LogP contribution in [0, 0.1) is 17.8 Å². The first kappa shape index (κ1) is 12.0. The first-order chi connectivity index (χ1) is 6.56. The quantitative estimate of drug-likeness (QED) is 0.653. The lowest BCUT2D eigenvalue weighted by Crippen LogP contribution is -2.41. The van der Waals surface area contributed by atoms with Crippen molar-refractivity contribution in [3.63, 3.8) is 0 Å². The van der Waals surface area contributed by atoms with Gasteiger partial charge in [-0.2, -0.15) is 0 Å². The Morgan fingerprint density at radius 3 is 2.21 bits per heavy atom. The highest BCUT2D eigenvalue weighted by Gasteiger charge is 2.33. The van der Waals surface area contributed by atoms with Crippen LogP contribution >= 0.6 is 0 Å². The summed E-state index contributed by atoms with van der Waals surface area (Å²) >= 11 is 0. The average molecular weight is 197 g/mol. The van der Waals surface area contributed by atoms with Crippen LogP contribution < -0.4 is 0 Å². The van der Waals surface area contributed by atoms with Gasteiger partial charge in [0.2, 0.25) is 0 Å². The van der Waals surface area contributed by atoms with Crippen LogP contribution in [0.1, 0.15) is 47.0 Å². The first-order valence-corrected chi connectivity index (χ1v) is 6.26. The van der Waals surface area contributed by atoms with E-state index < -0.39 is 0 Å². The van der Waals surface area contributed by atoms with E-state index >= 15 is 0 Å². The molecule has 0 aliphatic heterocycles. The molecule has 14 heavy (non-hydrogen) atoms. The molecule has 0 saturated heterocycles. The molecular formula is C13H27N. The topological polar surface area (TPSA) is 3.24 Å². The number of rotatable bonds is 5. The van der Waals surface area contributed by atoms with Crippen molar-refractivity contribution < 1.29 is 0 Å². The van der Waals surface area contributed by atoms with Crippen LogP contribution in [0.3, 0.4) is 0 Å². The molecule has 1 saturated carbocycles. The van der Waals surface area contributed by atoms with Crippen LogP contribution in [-0.4, -0.2) is 24.5 Å². The third kappa shape index (κ3) is 2.73. The molecule has 1 heteroatoms. The maximum atomic E-state index is 2.54. The Morgan fingerprint density at radius 2 is 1.86 bits per heavy atom. The number of hydrogen-bond acceptors (Lipinski definition) is 1. The Hall–Kier alpha value is -0.0400. The molecule has 1 aliphatic rings. The number of nitrogens with zero attached hydrogens (tertiary/aromatic N) is 1. The van der Waals surface area contributed by atoms with E-state index in [1.807, 2.05) is 0 Å². The molecule has 84 valence electrons. The molecule has 0 aromatic rings. The van der Waals surface area contributed by atoms with E-state index in [1.54, 1.807) is 0 Å². The maximum absolute atomic E-state index is 2.54.